The van der Waals surface area contributed by atoms with Crippen molar-refractivity contribution in [1.29, 1.82) is 0 Å². The van der Waals surface area contributed by atoms with Crippen LogP contribution in [0.15, 0.2) is 41.0 Å². The highest BCUT2D eigenvalue weighted by Gasteiger charge is 2.30. The average molecular weight is 604 g/mol. The molecule has 4 N–H and O–H groups in total. The fraction of sp³-hybridized carbons (Fsp3) is 0.414. The van der Waals surface area contributed by atoms with Crippen molar-refractivity contribution in [2.24, 2.45) is 0 Å². The lowest BCUT2D eigenvalue weighted by Gasteiger charge is -2.35. The quantitative estimate of drug-likeness (QED) is 0.307. The Morgan fingerprint density at radius 1 is 1.17 bits per heavy atom. The zero-order valence-electron chi connectivity index (χ0n) is 22.5. The highest BCUT2D eigenvalue weighted by molar-refractivity contribution is 6.40. The van der Waals surface area contributed by atoms with E-state index in [1.165, 1.54) is 0 Å². The van der Waals surface area contributed by atoms with E-state index in [9.17, 15) is 24.6 Å². The van der Waals surface area contributed by atoms with Crippen molar-refractivity contribution >= 4 is 52.0 Å². The van der Waals surface area contributed by atoms with Crippen LogP contribution >= 0.6 is 23.2 Å². The molecule has 1 unspecified atom stereocenters. The number of aliphatic carboxylic acids is 1. The van der Waals surface area contributed by atoms with Crippen LogP contribution in [0.3, 0.4) is 0 Å². The Morgan fingerprint density at radius 3 is 2.73 bits per heavy atom. The molecular formula is C29H32Cl2N4O6. The van der Waals surface area contributed by atoms with Crippen LogP contribution in [0.2, 0.25) is 10.0 Å². The van der Waals surface area contributed by atoms with Crippen LogP contribution < -0.4 is 10.6 Å². The SMILES string of the molecule is CC(NC[C@H](NC(=O)c1c(Cl)cc2c(c1Cl)CCN(C(=O)c1ccc3ccoc3c1)C2)C(=O)O)N1CCC[C@@H](O)C1. The molecule has 41 heavy (non-hydrogen) atoms. The molecule has 2 aromatic carbocycles. The number of piperidine rings is 1. The van der Waals surface area contributed by atoms with Gasteiger partial charge in [-0.2, -0.15) is 0 Å². The smallest absolute Gasteiger partial charge is 0.327 e. The van der Waals surface area contributed by atoms with Crippen LogP contribution in [0.25, 0.3) is 11.0 Å². The van der Waals surface area contributed by atoms with E-state index in [-0.39, 0.29) is 40.8 Å². The summed E-state index contributed by atoms with van der Waals surface area (Å²) in [7, 11) is 0. The summed E-state index contributed by atoms with van der Waals surface area (Å²) in [5.74, 6) is -2.06. The van der Waals surface area contributed by atoms with E-state index in [1.54, 1.807) is 29.4 Å². The van der Waals surface area contributed by atoms with E-state index in [1.807, 2.05) is 24.0 Å². The number of rotatable bonds is 8. The first-order valence-electron chi connectivity index (χ1n) is 13.6. The first-order chi connectivity index (χ1) is 19.6. The predicted molar refractivity (Wildman–Crippen MR) is 154 cm³/mol. The van der Waals surface area contributed by atoms with Crippen molar-refractivity contribution in [3.63, 3.8) is 0 Å². The van der Waals surface area contributed by atoms with E-state index in [0.717, 1.165) is 30.3 Å². The first kappa shape index (κ1) is 29.3. The van der Waals surface area contributed by atoms with Crippen molar-refractivity contribution in [3.8, 4) is 0 Å². The molecule has 0 aliphatic carbocycles. The minimum atomic E-state index is -1.23. The third kappa shape index (κ3) is 6.37. The summed E-state index contributed by atoms with van der Waals surface area (Å²) >= 11 is 13.2. The lowest BCUT2D eigenvalue weighted by atomic mass is 9.96. The summed E-state index contributed by atoms with van der Waals surface area (Å²) in [5.41, 5.74) is 2.57. The predicted octanol–water partition coefficient (Wildman–Crippen LogP) is 3.51. The molecule has 2 amide bonds. The van der Waals surface area contributed by atoms with Crippen molar-refractivity contribution < 1.29 is 29.0 Å². The molecule has 0 radical (unpaired) electrons. The largest absolute Gasteiger partial charge is 0.480 e. The van der Waals surface area contributed by atoms with Crippen molar-refractivity contribution in [3.05, 3.63) is 68.9 Å². The van der Waals surface area contributed by atoms with Crippen LogP contribution in [-0.4, -0.2) is 82.3 Å². The van der Waals surface area contributed by atoms with Gasteiger partial charge in [0.15, 0.2) is 0 Å². The van der Waals surface area contributed by atoms with Gasteiger partial charge in [-0.15, -0.1) is 0 Å². The number of halogens is 2. The van der Waals surface area contributed by atoms with Gasteiger partial charge in [0.2, 0.25) is 0 Å². The van der Waals surface area contributed by atoms with E-state index in [4.69, 9.17) is 27.6 Å². The molecule has 10 nitrogen and oxygen atoms in total. The highest BCUT2D eigenvalue weighted by Crippen LogP contribution is 2.35. The summed E-state index contributed by atoms with van der Waals surface area (Å²) in [6.45, 7) is 3.79. The van der Waals surface area contributed by atoms with Crippen LogP contribution in [0.1, 0.15) is 51.6 Å². The zero-order valence-corrected chi connectivity index (χ0v) is 24.0. The van der Waals surface area contributed by atoms with Gasteiger partial charge in [0.05, 0.1) is 34.1 Å². The van der Waals surface area contributed by atoms with Crippen LogP contribution in [0.5, 0.6) is 0 Å². The molecular weight excluding hydrogens is 571 g/mol. The number of nitrogens with zero attached hydrogens (tertiary/aromatic N) is 2. The third-order valence-corrected chi connectivity index (χ3v) is 8.53. The Labute approximate surface area is 247 Å². The molecule has 1 saturated heterocycles. The second-order valence-electron chi connectivity index (χ2n) is 10.6. The first-order valence-corrected chi connectivity index (χ1v) is 14.3. The standard InChI is InChI=1S/C29H32Cl2N4O6/c1-16(34-8-2-3-20(36)15-34)32-13-23(29(39)40)33-27(37)25-22(30)11-19-14-35(9-6-21(19)26(25)31)28(38)18-5-4-17-7-10-41-24(17)12-18/h4-5,7,10-12,16,20,23,32,36H,2-3,6,8-9,13-15H2,1H3,(H,33,37)(H,39,40)/t16?,20-,23+/m1/s1. The number of benzene rings is 2. The van der Waals surface area contributed by atoms with Gasteiger partial charge >= 0.3 is 5.97 Å². The molecule has 218 valence electrons. The molecule has 1 fully saturated rings. The topological polar surface area (TPSA) is 135 Å². The van der Waals surface area contributed by atoms with Crippen LogP contribution in [-0.2, 0) is 17.8 Å². The lowest BCUT2D eigenvalue weighted by Crippen LogP contribution is -2.54. The summed E-state index contributed by atoms with van der Waals surface area (Å²) < 4.78 is 5.42. The van der Waals surface area contributed by atoms with Gasteiger partial charge in [-0.05, 0) is 68.1 Å². The number of carbonyl (C=O) groups is 3. The second-order valence-corrected chi connectivity index (χ2v) is 11.4. The normalized spacial score (nSPS) is 19.0. The number of hydrogen-bond donors (Lipinski definition) is 4. The van der Waals surface area contributed by atoms with Crippen molar-refractivity contribution in [2.45, 2.75) is 51.0 Å². The van der Waals surface area contributed by atoms with E-state index < -0.39 is 24.0 Å². The van der Waals surface area contributed by atoms with Gasteiger partial charge in [0, 0.05) is 37.1 Å². The lowest BCUT2D eigenvalue weighted by molar-refractivity contribution is -0.139. The number of β-amino-alcohol motifs (C(OH)–C–C–N with tert-alkyl or cyclic N) is 1. The number of nitrogens with one attached hydrogen (secondary N) is 2. The molecule has 3 aromatic rings. The van der Waals surface area contributed by atoms with Crippen molar-refractivity contribution in [2.75, 3.05) is 26.2 Å². The number of carboxylic acid groups (broad SMARTS) is 1. The van der Waals surface area contributed by atoms with Gasteiger partial charge in [0.1, 0.15) is 11.6 Å². The number of furan rings is 1. The third-order valence-electron chi connectivity index (χ3n) is 7.82. The second kappa shape index (κ2) is 12.4. The Bertz CT molecular complexity index is 1480. The monoisotopic (exact) mass is 602 g/mol. The Kier molecular flexibility index (Phi) is 8.86. The number of carbonyl (C=O) groups excluding carboxylic acids is 2. The summed E-state index contributed by atoms with van der Waals surface area (Å²) in [4.78, 5) is 42.1. The Morgan fingerprint density at radius 2 is 1.98 bits per heavy atom. The number of fused-ring (bicyclic) bond motifs is 2. The van der Waals surface area contributed by atoms with Gasteiger partial charge in [-0.3, -0.25) is 19.8 Å². The van der Waals surface area contributed by atoms with Gasteiger partial charge in [0.25, 0.3) is 11.8 Å². The molecule has 1 aromatic heterocycles. The number of aliphatic hydroxyl groups excluding tert-OH is 1. The van der Waals surface area contributed by atoms with Gasteiger partial charge in [-0.25, -0.2) is 4.79 Å². The summed E-state index contributed by atoms with van der Waals surface area (Å²) in [6, 6.07) is 7.52. The fourth-order valence-corrected chi connectivity index (χ4v) is 6.25. The van der Waals surface area contributed by atoms with E-state index >= 15 is 0 Å². The molecule has 3 atom stereocenters. The molecule has 0 bridgehead atoms. The Hall–Kier alpha value is -3.15. The summed E-state index contributed by atoms with van der Waals surface area (Å²) in [5, 5.41) is 26.5. The van der Waals surface area contributed by atoms with E-state index in [2.05, 4.69) is 10.6 Å². The number of hydrogen-bond acceptors (Lipinski definition) is 7. The molecule has 12 heteroatoms. The fourth-order valence-electron chi connectivity index (χ4n) is 5.49. The minimum Gasteiger partial charge on any atom is -0.480 e. The molecule has 3 heterocycles. The van der Waals surface area contributed by atoms with Crippen molar-refractivity contribution in [1.82, 2.24) is 20.4 Å². The van der Waals surface area contributed by atoms with Gasteiger partial charge < -0.3 is 24.8 Å². The van der Waals surface area contributed by atoms with Crippen LogP contribution in [0.4, 0.5) is 0 Å². The Balaban J connectivity index is 1.26. The maximum absolute atomic E-state index is 13.2. The van der Waals surface area contributed by atoms with E-state index in [0.29, 0.717) is 36.2 Å². The molecule has 2 aliphatic rings. The number of aliphatic hydroxyl groups is 1. The number of amides is 2. The molecule has 0 saturated carbocycles. The molecule has 2 aliphatic heterocycles. The molecule has 0 spiro atoms. The number of carboxylic acids is 1. The maximum atomic E-state index is 13.2. The number of likely N-dealkylation sites (tertiary alicyclic amines) is 1. The molecule has 5 rings (SSSR count). The zero-order chi connectivity index (χ0) is 29.3. The maximum Gasteiger partial charge on any atom is 0.327 e. The van der Waals surface area contributed by atoms with Crippen LogP contribution in [0, 0.1) is 0 Å². The van der Waals surface area contributed by atoms with Gasteiger partial charge in [-0.1, -0.05) is 29.3 Å². The highest BCUT2D eigenvalue weighted by atomic mass is 35.5. The minimum absolute atomic E-state index is 0.00795. The summed E-state index contributed by atoms with van der Waals surface area (Å²) in [6.07, 6.45) is 2.98. The average Bonchev–Trinajstić information content (AvgIpc) is 3.42.